The van der Waals surface area contributed by atoms with Crippen LogP contribution in [0, 0.1) is 6.92 Å². The summed E-state index contributed by atoms with van der Waals surface area (Å²) >= 11 is 0. The molecule has 1 heterocycles. The second kappa shape index (κ2) is 5.72. The molecule has 0 aliphatic carbocycles. The number of nitrogens with two attached hydrogens (primary N) is 1. The van der Waals surface area contributed by atoms with Crippen molar-refractivity contribution in [2.75, 3.05) is 5.73 Å². The van der Waals surface area contributed by atoms with Gasteiger partial charge in [-0.1, -0.05) is 26.8 Å². The molecule has 0 fully saturated rings. The first-order chi connectivity index (χ1) is 10.1. The molecule has 0 bridgehead atoms. The zero-order chi connectivity index (χ0) is 16.5. The second-order valence-electron chi connectivity index (χ2n) is 7.14. The van der Waals surface area contributed by atoms with Gasteiger partial charge < -0.3 is 10.2 Å². The Labute approximate surface area is 133 Å². The summed E-state index contributed by atoms with van der Waals surface area (Å²) in [6.07, 6.45) is 1.68. The minimum Gasteiger partial charge on any atom is -0.543 e. The minimum absolute atomic E-state index is 0.164. The molecule has 118 valence electrons. The van der Waals surface area contributed by atoms with Crippen LogP contribution in [0.15, 0.2) is 30.5 Å². The topological polar surface area (TPSA) is 61.0 Å². The van der Waals surface area contributed by atoms with Crippen LogP contribution in [-0.4, -0.2) is 18.3 Å². The molecule has 2 aromatic rings. The summed E-state index contributed by atoms with van der Waals surface area (Å²) in [6, 6.07) is 8.02. The number of aryl methyl sites for hydroxylation is 1. The van der Waals surface area contributed by atoms with Gasteiger partial charge in [-0.2, -0.15) is 0 Å². The zero-order valence-corrected chi connectivity index (χ0v) is 15.3. The van der Waals surface area contributed by atoms with Crippen LogP contribution in [0.25, 0.3) is 11.3 Å². The maximum Gasteiger partial charge on any atom is 0.250 e. The predicted molar refractivity (Wildman–Crippen MR) is 94.4 cm³/mol. The lowest BCUT2D eigenvalue weighted by Crippen LogP contribution is -2.43. The van der Waals surface area contributed by atoms with Crippen molar-refractivity contribution in [3.8, 4) is 17.0 Å². The quantitative estimate of drug-likeness (QED) is 0.852. The molecule has 1 aromatic heterocycles. The summed E-state index contributed by atoms with van der Waals surface area (Å²) in [5, 5.41) is 0.164. The van der Waals surface area contributed by atoms with Gasteiger partial charge in [0, 0.05) is 11.8 Å². The normalized spacial score (nSPS) is 12.3. The van der Waals surface area contributed by atoms with E-state index >= 15 is 0 Å². The Morgan fingerprint density at radius 2 is 1.82 bits per heavy atom. The minimum atomic E-state index is -1.86. The van der Waals surface area contributed by atoms with Crippen molar-refractivity contribution in [1.82, 2.24) is 9.97 Å². The van der Waals surface area contributed by atoms with Crippen LogP contribution in [0.4, 0.5) is 5.95 Å². The van der Waals surface area contributed by atoms with Gasteiger partial charge in [0.15, 0.2) is 0 Å². The molecule has 0 saturated heterocycles. The molecule has 0 saturated carbocycles. The van der Waals surface area contributed by atoms with E-state index in [-0.39, 0.29) is 11.0 Å². The van der Waals surface area contributed by atoms with Gasteiger partial charge in [-0.05, 0) is 48.8 Å². The zero-order valence-electron chi connectivity index (χ0n) is 14.3. The molecule has 0 amide bonds. The number of nitrogens with zero attached hydrogens (tertiary/aromatic N) is 2. The SMILES string of the molecule is Cc1ccc(O[Si](C)(C)C(C)(C)C)cc1-c1ccnc(N)n1. The third-order valence-electron chi connectivity index (χ3n) is 4.34. The van der Waals surface area contributed by atoms with Crippen molar-refractivity contribution in [2.24, 2.45) is 0 Å². The molecule has 22 heavy (non-hydrogen) atoms. The molecular weight excluding hydrogens is 290 g/mol. The number of anilines is 1. The van der Waals surface area contributed by atoms with Gasteiger partial charge in [-0.15, -0.1) is 0 Å². The third kappa shape index (κ3) is 3.47. The van der Waals surface area contributed by atoms with E-state index in [4.69, 9.17) is 10.2 Å². The van der Waals surface area contributed by atoms with E-state index in [1.54, 1.807) is 6.20 Å². The largest absolute Gasteiger partial charge is 0.543 e. The molecule has 5 heteroatoms. The number of nitrogen functional groups attached to an aromatic ring is 1. The fraction of sp³-hybridized carbons (Fsp3) is 0.412. The van der Waals surface area contributed by atoms with E-state index in [2.05, 4.69) is 62.9 Å². The van der Waals surface area contributed by atoms with Crippen molar-refractivity contribution < 1.29 is 4.43 Å². The van der Waals surface area contributed by atoms with Crippen molar-refractivity contribution >= 4 is 14.3 Å². The molecule has 0 aliphatic rings. The molecule has 0 unspecified atom stereocenters. The summed E-state index contributed by atoms with van der Waals surface area (Å²) in [5.41, 5.74) is 8.69. The first-order valence-corrected chi connectivity index (χ1v) is 10.4. The smallest absolute Gasteiger partial charge is 0.250 e. The van der Waals surface area contributed by atoms with E-state index in [0.717, 1.165) is 22.6 Å². The summed E-state index contributed by atoms with van der Waals surface area (Å²) in [4.78, 5) is 8.26. The Balaban J connectivity index is 2.40. The van der Waals surface area contributed by atoms with Crippen LogP contribution in [0.2, 0.25) is 18.1 Å². The van der Waals surface area contributed by atoms with Crippen LogP contribution in [0.3, 0.4) is 0 Å². The van der Waals surface area contributed by atoms with E-state index in [1.807, 2.05) is 12.1 Å². The van der Waals surface area contributed by atoms with Crippen LogP contribution in [0.5, 0.6) is 5.75 Å². The van der Waals surface area contributed by atoms with Gasteiger partial charge in [0.2, 0.25) is 14.3 Å². The lowest BCUT2D eigenvalue weighted by Gasteiger charge is -2.36. The average molecular weight is 315 g/mol. The van der Waals surface area contributed by atoms with Gasteiger partial charge in [0.25, 0.3) is 0 Å². The Morgan fingerprint density at radius 3 is 2.41 bits per heavy atom. The molecule has 4 nitrogen and oxygen atoms in total. The number of hydrogen-bond donors (Lipinski definition) is 1. The molecule has 2 rings (SSSR count). The monoisotopic (exact) mass is 315 g/mol. The van der Waals surface area contributed by atoms with E-state index in [1.165, 1.54) is 0 Å². The van der Waals surface area contributed by atoms with Gasteiger partial charge in [0.1, 0.15) is 5.75 Å². The van der Waals surface area contributed by atoms with Crippen molar-refractivity contribution in [2.45, 2.75) is 45.8 Å². The number of benzene rings is 1. The molecule has 0 atom stereocenters. The Hall–Kier alpha value is -1.88. The van der Waals surface area contributed by atoms with Crippen LogP contribution in [-0.2, 0) is 0 Å². The van der Waals surface area contributed by atoms with Gasteiger partial charge in [-0.25, -0.2) is 9.97 Å². The highest BCUT2D eigenvalue weighted by Crippen LogP contribution is 2.38. The second-order valence-corrected chi connectivity index (χ2v) is 11.9. The maximum atomic E-state index is 6.38. The molecule has 0 spiro atoms. The summed E-state index contributed by atoms with van der Waals surface area (Å²) in [7, 11) is -1.86. The highest BCUT2D eigenvalue weighted by atomic mass is 28.4. The summed E-state index contributed by atoms with van der Waals surface area (Å²) in [6.45, 7) is 13.3. The summed E-state index contributed by atoms with van der Waals surface area (Å²) in [5.74, 6) is 1.18. The van der Waals surface area contributed by atoms with Crippen LogP contribution >= 0.6 is 0 Å². The summed E-state index contributed by atoms with van der Waals surface area (Å²) < 4.78 is 6.38. The highest BCUT2D eigenvalue weighted by Gasteiger charge is 2.39. The fourth-order valence-corrected chi connectivity index (χ4v) is 2.93. The first kappa shape index (κ1) is 16.5. The number of rotatable bonds is 3. The lowest BCUT2D eigenvalue weighted by molar-refractivity contribution is 0.492. The predicted octanol–water partition coefficient (Wildman–Crippen LogP) is 4.42. The first-order valence-electron chi connectivity index (χ1n) is 7.49. The molecule has 2 N–H and O–H groups in total. The maximum absolute atomic E-state index is 6.38. The Morgan fingerprint density at radius 1 is 1.14 bits per heavy atom. The molecule has 0 aliphatic heterocycles. The van der Waals surface area contributed by atoms with Crippen molar-refractivity contribution in [1.29, 1.82) is 0 Å². The van der Waals surface area contributed by atoms with Gasteiger partial charge in [-0.3, -0.25) is 0 Å². The lowest BCUT2D eigenvalue weighted by atomic mass is 10.1. The van der Waals surface area contributed by atoms with Crippen LogP contribution < -0.4 is 10.2 Å². The highest BCUT2D eigenvalue weighted by molar-refractivity contribution is 6.74. The van der Waals surface area contributed by atoms with E-state index < -0.39 is 8.32 Å². The fourth-order valence-electron chi connectivity index (χ4n) is 1.91. The van der Waals surface area contributed by atoms with Gasteiger partial charge in [0.05, 0.1) is 5.69 Å². The van der Waals surface area contributed by atoms with E-state index in [0.29, 0.717) is 0 Å². The van der Waals surface area contributed by atoms with Crippen LogP contribution in [0.1, 0.15) is 26.3 Å². The van der Waals surface area contributed by atoms with E-state index in [9.17, 15) is 0 Å². The van der Waals surface area contributed by atoms with Crippen molar-refractivity contribution in [3.05, 3.63) is 36.0 Å². The molecule has 1 aromatic carbocycles. The molecular formula is C17H25N3OSi. The number of aromatic nitrogens is 2. The standard InChI is InChI=1S/C17H25N3OSi/c1-12-7-8-13(21-22(5,6)17(2,3)4)11-14(12)15-9-10-19-16(18)20-15/h7-11H,1-6H3,(H2,18,19,20). The Bertz CT molecular complexity index is 678. The van der Waals surface area contributed by atoms with Crippen molar-refractivity contribution in [3.63, 3.8) is 0 Å². The number of hydrogen-bond acceptors (Lipinski definition) is 4. The average Bonchev–Trinajstić information content (AvgIpc) is 2.39. The molecule has 0 radical (unpaired) electrons. The van der Waals surface area contributed by atoms with Gasteiger partial charge >= 0.3 is 0 Å². The Kier molecular flexibility index (Phi) is 4.29. The third-order valence-corrected chi connectivity index (χ3v) is 8.70.